The van der Waals surface area contributed by atoms with Gasteiger partial charge < -0.3 is 66.7 Å². The summed E-state index contributed by atoms with van der Waals surface area (Å²) >= 11 is 0. The van der Waals surface area contributed by atoms with Gasteiger partial charge in [-0.2, -0.15) is 9.97 Å². The van der Waals surface area contributed by atoms with Gasteiger partial charge in [0.1, 0.15) is 0 Å². The summed E-state index contributed by atoms with van der Waals surface area (Å²) < 4.78 is 10.6. The van der Waals surface area contributed by atoms with E-state index < -0.39 is 0 Å². The minimum absolute atomic E-state index is 0.261. The van der Waals surface area contributed by atoms with Gasteiger partial charge in [0, 0.05) is 222 Å². The van der Waals surface area contributed by atoms with Gasteiger partial charge in [-0.15, -0.1) is 0 Å². The molecule has 3 amide bonds. The summed E-state index contributed by atoms with van der Waals surface area (Å²) in [6.07, 6.45) is 44.6. The first-order chi connectivity index (χ1) is 70.1. The number of pyridine rings is 6. The van der Waals surface area contributed by atoms with Crippen LogP contribution in [0.15, 0.2) is 138 Å². The van der Waals surface area contributed by atoms with Crippen molar-refractivity contribution in [3.8, 4) is 12.0 Å². The first-order valence-corrected chi connectivity index (χ1v) is 53.7. The van der Waals surface area contributed by atoms with Crippen LogP contribution in [-0.2, 0) is 79.0 Å². The zero-order valence-electron chi connectivity index (χ0n) is 87.1. The molecule has 8 aromatic heterocycles. The number of aromatic nitrogens is 10. The number of nitrogens with one attached hydrogen (secondary N) is 8. The number of hydrogen-bond donors (Lipinski definition) is 8. The number of aliphatic imine (C=N–C) groups is 2. The van der Waals surface area contributed by atoms with Crippen LogP contribution in [0.2, 0.25) is 0 Å². The summed E-state index contributed by atoms with van der Waals surface area (Å²) in [5.41, 5.74) is 18.6. The number of unbranched alkanes of at least 4 members (excludes halogenated alkanes) is 3. The topological polar surface area (TPSA) is 345 Å². The molecule has 0 spiro atoms. The fourth-order valence-electron chi connectivity index (χ4n) is 21.9. The second-order valence-corrected chi connectivity index (χ2v) is 40.1. The minimum Gasteiger partial charge on any atom is -0.467 e. The molecule has 13 heterocycles. The molecule has 143 heavy (non-hydrogen) atoms. The van der Waals surface area contributed by atoms with Crippen LogP contribution < -0.4 is 52.0 Å². The molecule has 18 rings (SSSR count). The maximum absolute atomic E-state index is 12.7. The maximum Gasteiger partial charge on any atom is 0.316 e. The van der Waals surface area contributed by atoms with E-state index >= 15 is 0 Å². The standard InChI is InChI=1S/C25H32N6O.C22H31N7O.C22H35N7O.C21H34N4O.C20H32N4O/c1-31(23-12-5-8-19-9-6-15-28-24(19)23)18-20-16-29-25(32-2)30-22(20)11-7-13-26-17-21-10-3-4-14-27-21;1-29(19-9-3-6-16-7-4-10-23-20(16)19)15-17-14-27-22(30-2)28-18(17)8-5-11-24-21-25-12-13-26-21;1-28(19-7-2-5-17-6-3-9-24-21(17)19)15-18-16-29(14-13-23-18)20(30)8-4-10-25-22-26-11-12-27-22;1-3-4-5-11-20(26)25-14-13-22-18(16-25)15-24(2)19-10-6-8-17-9-7-12-23-21(17)19;1-3-4-10-19(25)24-13-12-21-17(15-24)14-23(2)18-9-5-7-16-8-6-11-22-20(16)18/h3-4,6,9-10,14-16,23,26H,5,7-8,11-13,17-18H2,1-2H3;4,7,10,14,19H,3,5-6,8-9,11-13,15H2,1-2H3,(H2,24,25,26);3,6,9,18-19,23H,2,4-5,7-8,10-16H2,1H3,(H2,25,26,27);7,9,12,18-19,22H,3-6,8,10-11,13-16H2,1-2H3;6,8,11,17-18,21H,3-5,7,9-10,12-15H2,1-2H3. The predicted molar refractivity (Wildman–Crippen MR) is 565 cm³/mol. The van der Waals surface area contributed by atoms with Crippen molar-refractivity contribution in [3.63, 3.8) is 0 Å². The number of methoxy groups -OCH3 is 2. The lowest BCUT2D eigenvalue weighted by atomic mass is 9.91. The minimum atomic E-state index is 0.261. The number of likely N-dealkylation sites (N-methyl/N-ethyl adjacent to an activating group) is 3. The highest BCUT2D eigenvalue weighted by atomic mass is 16.5. The van der Waals surface area contributed by atoms with Gasteiger partial charge in [-0.05, 0) is 253 Å². The molecule has 8 aromatic rings. The van der Waals surface area contributed by atoms with Gasteiger partial charge in [-0.25, -0.2) is 9.97 Å². The number of carbonyl (C=O) groups excluding carboxylic acids is 3. The smallest absolute Gasteiger partial charge is 0.316 e. The van der Waals surface area contributed by atoms with E-state index in [4.69, 9.17) is 19.4 Å². The van der Waals surface area contributed by atoms with Crippen molar-refractivity contribution in [2.45, 2.75) is 262 Å². The highest BCUT2D eigenvalue weighted by Crippen LogP contribution is 2.39. The number of carbonyl (C=O) groups is 3. The van der Waals surface area contributed by atoms with Crippen molar-refractivity contribution in [2.24, 2.45) is 9.98 Å². The highest BCUT2D eigenvalue weighted by molar-refractivity contribution is 5.82. The molecular formula is C110H164N28O5. The Morgan fingerprint density at radius 1 is 0.399 bits per heavy atom. The number of fused-ring (bicyclic) bond motifs is 5. The van der Waals surface area contributed by atoms with Gasteiger partial charge in [0.05, 0.1) is 103 Å². The highest BCUT2D eigenvalue weighted by Gasteiger charge is 2.36. The Labute approximate surface area is 850 Å². The summed E-state index contributed by atoms with van der Waals surface area (Å²) in [7, 11) is 14.2. The molecule has 0 bridgehead atoms. The van der Waals surface area contributed by atoms with Crippen LogP contribution >= 0.6 is 0 Å². The molecule has 33 heteroatoms. The number of ether oxygens (including phenoxy) is 2. The Balaban J connectivity index is 0.000000142. The van der Waals surface area contributed by atoms with Gasteiger partial charge in [0.15, 0.2) is 11.9 Å². The van der Waals surface area contributed by atoms with Crippen LogP contribution in [0.5, 0.6) is 12.0 Å². The molecular weight excluding hydrogens is 1790 g/mol. The lowest BCUT2D eigenvalue weighted by Gasteiger charge is -2.39. The Morgan fingerprint density at radius 3 is 1.11 bits per heavy atom. The SMILES string of the molecule is CCCCC(=O)N1CCNC(CN(C)C2CCCc3cccnc32)C1.CCCCCC(=O)N1CCNC(CN(C)C2CCCc3cccnc32)C1.CN(CC1CN(C(=O)CCCNC2=NCCN2)CCN1)C1CCCc2cccnc21.COc1ncc(CN(C)C2CCCc3cccnc32)c(CCCNC2=NCCN2)n1.COc1ncc(CN(C)C2CCCc3cccnc32)c(CCCNCc2ccccn2)n1. The monoisotopic (exact) mass is 1960 g/mol. The Kier molecular flexibility index (Phi) is 43.7. The van der Waals surface area contributed by atoms with E-state index in [1.807, 2.05) is 103 Å². The first-order valence-electron chi connectivity index (χ1n) is 53.7. The summed E-state index contributed by atoms with van der Waals surface area (Å²) in [5.74, 6) is 2.68. The number of rotatable bonds is 38. The fourth-order valence-corrected chi connectivity index (χ4v) is 21.9. The summed E-state index contributed by atoms with van der Waals surface area (Å²) in [6.45, 7) is 23.2. The van der Waals surface area contributed by atoms with E-state index in [-0.39, 0.29) is 5.91 Å². The van der Waals surface area contributed by atoms with E-state index in [0.29, 0.717) is 91.4 Å². The van der Waals surface area contributed by atoms with Crippen LogP contribution in [0.3, 0.4) is 0 Å². The van der Waals surface area contributed by atoms with Crippen molar-refractivity contribution in [1.82, 2.24) is 132 Å². The maximum atomic E-state index is 12.7. The third-order valence-electron chi connectivity index (χ3n) is 29.5. The third-order valence-corrected chi connectivity index (χ3v) is 29.5. The third kappa shape index (κ3) is 32.6. The Morgan fingerprint density at radius 2 is 0.755 bits per heavy atom. The van der Waals surface area contributed by atoms with Crippen LogP contribution in [0.25, 0.3) is 0 Å². The molecule has 8 atom stereocenters. The average Bonchev–Trinajstić information content (AvgIpc) is 1.21. The predicted octanol–water partition coefficient (Wildman–Crippen LogP) is 11.1. The average molecular weight is 1960 g/mol. The molecule has 33 nitrogen and oxygen atoms in total. The van der Waals surface area contributed by atoms with E-state index in [1.54, 1.807) is 14.2 Å². The van der Waals surface area contributed by atoms with E-state index in [9.17, 15) is 14.4 Å². The first kappa shape index (κ1) is 108. The van der Waals surface area contributed by atoms with Crippen molar-refractivity contribution >= 4 is 29.6 Å². The molecule has 774 valence electrons. The van der Waals surface area contributed by atoms with Crippen molar-refractivity contribution in [1.29, 1.82) is 0 Å². The molecule has 8 unspecified atom stereocenters. The molecule has 0 saturated carbocycles. The number of guanidine groups is 2. The lowest BCUT2D eigenvalue weighted by molar-refractivity contribution is -0.133. The number of amides is 3. The summed E-state index contributed by atoms with van der Waals surface area (Å²) in [4.78, 5) is 110. The molecule has 5 aliphatic carbocycles. The lowest BCUT2D eigenvalue weighted by Crippen LogP contribution is -2.56. The van der Waals surface area contributed by atoms with Crippen molar-refractivity contribution in [2.75, 3.05) is 174 Å². The fraction of sp³-hybridized carbons (Fsp3) is 0.609. The zero-order chi connectivity index (χ0) is 99.7. The molecule has 10 aliphatic rings. The zero-order valence-corrected chi connectivity index (χ0v) is 87.1. The number of aryl methyl sites for hydroxylation is 7. The van der Waals surface area contributed by atoms with Gasteiger partial charge in [0.2, 0.25) is 17.7 Å². The number of piperazine rings is 3. The van der Waals surface area contributed by atoms with Gasteiger partial charge >= 0.3 is 12.0 Å². The van der Waals surface area contributed by atoms with Gasteiger partial charge in [0.25, 0.3) is 0 Å². The molecule has 3 saturated heterocycles. The molecule has 0 aromatic carbocycles. The quantitative estimate of drug-likeness (QED) is 0.0167. The molecule has 0 radical (unpaired) electrons. The molecule has 5 aliphatic heterocycles. The number of hydrogen-bond acceptors (Lipinski definition) is 30. The summed E-state index contributed by atoms with van der Waals surface area (Å²) in [6, 6.07) is 31.0. The van der Waals surface area contributed by atoms with E-state index in [1.165, 1.54) is 108 Å². The van der Waals surface area contributed by atoms with E-state index in [0.717, 1.165) is 293 Å². The largest absolute Gasteiger partial charge is 0.467 e. The number of nitrogens with zero attached hydrogens (tertiary/aromatic N) is 20. The van der Waals surface area contributed by atoms with Crippen LogP contribution in [0, 0.1) is 0 Å². The normalized spacial score (nSPS) is 20.5. The Bertz CT molecular complexity index is 5270. The van der Waals surface area contributed by atoms with Crippen molar-refractivity contribution in [3.05, 3.63) is 213 Å². The van der Waals surface area contributed by atoms with E-state index in [2.05, 4.69) is 206 Å². The molecule has 8 N–H and O–H groups in total. The molecule has 3 fully saturated rings. The van der Waals surface area contributed by atoms with Crippen molar-refractivity contribution < 1.29 is 23.9 Å². The second kappa shape index (κ2) is 57.8. The second-order valence-electron chi connectivity index (χ2n) is 40.1. The van der Waals surface area contributed by atoms with Crippen LogP contribution in [0.1, 0.15) is 263 Å². The Hall–Kier alpha value is -10.8. The van der Waals surface area contributed by atoms with Crippen LogP contribution in [0.4, 0.5) is 0 Å². The van der Waals surface area contributed by atoms with Gasteiger partial charge in [-0.3, -0.25) is 78.8 Å². The van der Waals surface area contributed by atoms with Crippen LogP contribution in [-0.4, -0.2) is 311 Å². The summed E-state index contributed by atoms with van der Waals surface area (Å²) in [5, 5.41) is 27.3. The van der Waals surface area contributed by atoms with Gasteiger partial charge in [-0.1, -0.05) is 69.5 Å².